The number of rotatable bonds is 3. The van der Waals surface area contributed by atoms with Crippen LogP contribution in [0.3, 0.4) is 0 Å². The van der Waals surface area contributed by atoms with Crippen molar-refractivity contribution < 1.29 is 4.84 Å². The molecule has 1 aliphatic rings. The Balaban J connectivity index is 2.29. The number of hydrogen-bond donors (Lipinski definition) is 0. The molecule has 1 atom stereocenters. The lowest BCUT2D eigenvalue weighted by Crippen LogP contribution is -2.21. The fourth-order valence-corrected chi connectivity index (χ4v) is 1.35. The smallest absolute Gasteiger partial charge is 0.119 e. The van der Waals surface area contributed by atoms with Gasteiger partial charge < -0.3 is 4.84 Å². The van der Waals surface area contributed by atoms with Gasteiger partial charge in [0.15, 0.2) is 0 Å². The first-order valence-electron chi connectivity index (χ1n) is 4.97. The van der Waals surface area contributed by atoms with Crippen LogP contribution in [0.2, 0.25) is 0 Å². The molecule has 0 spiro atoms. The van der Waals surface area contributed by atoms with Crippen LogP contribution in [0, 0.1) is 5.92 Å². The molecule has 0 bridgehead atoms. The van der Waals surface area contributed by atoms with Crippen molar-refractivity contribution in [2.24, 2.45) is 11.1 Å². The van der Waals surface area contributed by atoms with Crippen molar-refractivity contribution >= 4 is 5.71 Å². The Bertz CT molecular complexity index is 177. The van der Waals surface area contributed by atoms with E-state index in [-0.39, 0.29) is 0 Å². The standard InChI is InChI=1S/C10H20N2O/c1-8(2)7-13-11-10-5-9(3)12(4)6-10/h8-9H,5-7H2,1-4H3/b11-10+. The van der Waals surface area contributed by atoms with Crippen LogP contribution in [0.25, 0.3) is 0 Å². The molecule has 13 heavy (non-hydrogen) atoms. The summed E-state index contributed by atoms with van der Waals surface area (Å²) in [6.07, 6.45) is 1.05. The molecule has 0 aromatic carbocycles. The second-order valence-electron chi connectivity index (χ2n) is 4.32. The van der Waals surface area contributed by atoms with Gasteiger partial charge in [0, 0.05) is 19.0 Å². The predicted molar refractivity (Wildman–Crippen MR) is 54.9 cm³/mol. The van der Waals surface area contributed by atoms with Gasteiger partial charge in [0.25, 0.3) is 0 Å². The summed E-state index contributed by atoms with van der Waals surface area (Å²) >= 11 is 0. The van der Waals surface area contributed by atoms with E-state index in [1.54, 1.807) is 0 Å². The minimum Gasteiger partial charge on any atom is -0.396 e. The molecule has 0 aliphatic carbocycles. The molecule has 0 saturated carbocycles. The Kier molecular flexibility index (Phi) is 3.72. The normalized spacial score (nSPS) is 27.5. The molecular weight excluding hydrogens is 164 g/mol. The van der Waals surface area contributed by atoms with Crippen molar-refractivity contribution in [1.82, 2.24) is 4.90 Å². The second-order valence-corrected chi connectivity index (χ2v) is 4.32. The van der Waals surface area contributed by atoms with E-state index in [1.165, 1.54) is 5.71 Å². The minimum atomic E-state index is 0.556. The van der Waals surface area contributed by atoms with E-state index in [1.807, 2.05) is 0 Å². The van der Waals surface area contributed by atoms with E-state index in [4.69, 9.17) is 4.84 Å². The van der Waals surface area contributed by atoms with Crippen molar-refractivity contribution in [3.63, 3.8) is 0 Å². The summed E-state index contributed by atoms with van der Waals surface area (Å²) < 4.78 is 0. The lowest BCUT2D eigenvalue weighted by molar-refractivity contribution is 0.117. The number of nitrogens with zero attached hydrogens (tertiary/aromatic N) is 2. The molecule has 3 nitrogen and oxygen atoms in total. The summed E-state index contributed by atoms with van der Waals surface area (Å²) in [4.78, 5) is 7.53. The molecular formula is C10H20N2O. The highest BCUT2D eigenvalue weighted by Gasteiger charge is 2.22. The van der Waals surface area contributed by atoms with Crippen LogP contribution >= 0.6 is 0 Å². The molecule has 0 aromatic heterocycles. The van der Waals surface area contributed by atoms with E-state index in [0.29, 0.717) is 12.0 Å². The van der Waals surface area contributed by atoms with Crippen molar-refractivity contribution in [2.75, 3.05) is 20.2 Å². The van der Waals surface area contributed by atoms with Gasteiger partial charge in [-0.25, -0.2) is 0 Å². The molecule has 76 valence electrons. The molecule has 0 N–H and O–H groups in total. The summed E-state index contributed by atoms with van der Waals surface area (Å²) in [7, 11) is 2.12. The van der Waals surface area contributed by atoms with Gasteiger partial charge in [0.2, 0.25) is 0 Å². The summed E-state index contributed by atoms with van der Waals surface area (Å²) in [6.45, 7) is 8.15. The molecule has 0 amide bonds. The highest BCUT2D eigenvalue weighted by Crippen LogP contribution is 2.12. The number of likely N-dealkylation sites (tertiary alicyclic amines) is 1. The zero-order valence-electron chi connectivity index (χ0n) is 9.08. The first-order valence-corrected chi connectivity index (χ1v) is 4.97. The lowest BCUT2D eigenvalue weighted by Gasteiger charge is -2.11. The van der Waals surface area contributed by atoms with E-state index in [2.05, 4.69) is 37.9 Å². The van der Waals surface area contributed by atoms with Crippen LogP contribution in [-0.2, 0) is 4.84 Å². The van der Waals surface area contributed by atoms with Gasteiger partial charge in [-0.1, -0.05) is 19.0 Å². The van der Waals surface area contributed by atoms with Crippen LogP contribution in [0.4, 0.5) is 0 Å². The van der Waals surface area contributed by atoms with Gasteiger partial charge in [-0.15, -0.1) is 0 Å². The highest BCUT2D eigenvalue weighted by atomic mass is 16.6. The Morgan fingerprint density at radius 3 is 2.77 bits per heavy atom. The summed E-state index contributed by atoms with van der Waals surface area (Å²) in [6, 6.07) is 0.612. The maximum absolute atomic E-state index is 5.24. The Morgan fingerprint density at radius 2 is 2.31 bits per heavy atom. The number of hydrogen-bond acceptors (Lipinski definition) is 3. The second kappa shape index (κ2) is 4.61. The van der Waals surface area contributed by atoms with Gasteiger partial charge in [-0.05, 0) is 19.9 Å². The Morgan fingerprint density at radius 1 is 1.62 bits per heavy atom. The highest BCUT2D eigenvalue weighted by molar-refractivity contribution is 5.88. The first kappa shape index (κ1) is 10.5. The lowest BCUT2D eigenvalue weighted by atomic mass is 10.2. The fourth-order valence-electron chi connectivity index (χ4n) is 1.35. The van der Waals surface area contributed by atoms with Crippen molar-refractivity contribution in [3.05, 3.63) is 0 Å². The van der Waals surface area contributed by atoms with Gasteiger partial charge >= 0.3 is 0 Å². The fraction of sp³-hybridized carbons (Fsp3) is 0.900. The van der Waals surface area contributed by atoms with Gasteiger partial charge in [-0.2, -0.15) is 0 Å². The summed E-state index contributed by atoms with van der Waals surface area (Å²) in [5, 5.41) is 4.14. The van der Waals surface area contributed by atoms with Crippen molar-refractivity contribution in [1.29, 1.82) is 0 Å². The molecule has 0 aromatic rings. The molecule has 1 heterocycles. The zero-order valence-corrected chi connectivity index (χ0v) is 9.08. The molecule has 0 radical (unpaired) electrons. The number of oxime groups is 1. The third-order valence-corrected chi connectivity index (χ3v) is 2.32. The van der Waals surface area contributed by atoms with E-state index >= 15 is 0 Å². The topological polar surface area (TPSA) is 24.8 Å². The molecule has 1 saturated heterocycles. The van der Waals surface area contributed by atoms with Crippen LogP contribution in [0.5, 0.6) is 0 Å². The maximum atomic E-state index is 5.24. The average molecular weight is 184 g/mol. The van der Waals surface area contributed by atoms with Crippen molar-refractivity contribution in [2.45, 2.75) is 33.2 Å². The zero-order chi connectivity index (χ0) is 9.84. The molecule has 3 heteroatoms. The quantitative estimate of drug-likeness (QED) is 0.624. The van der Waals surface area contributed by atoms with Crippen LogP contribution in [-0.4, -0.2) is 36.9 Å². The first-order chi connectivity index (χ1) is 6.09. The minimum absolute atomic E-state index is 0.556. The maximum Gasteiger partial charge on any atom is 0.119 e. The molecule has 1 fully saturated rings. The molecule has 1 unspecified atom stereocenters. The van der Waals surface area contributed by atoms with E-state index < -0.39 is 0 Å². The van der Waals surface area contributed by atoms with E-state index in [0.717, 1.165) is 19.6 Å². The third kappa shape index (κ3) is 3.35. The Labute approximate surface area is 80.7 Å². The van der Waals surface area contributed by atoms with Gasteiger partial charge in [-0.3, -0.25) is 4.90 Å². The van der Waals surface area contributed by atoms with Gasteiger partial charge in [0.1, 0.15) is 6.61 Å². The van der Waals surface area contributed by atoms with Crippen LogP contribution < -0.4 is 0 Å². The molecule has 1 aliphatic heterocycles. The van der Waals surface area contributed by atoms with E-state index in [9.17, 15) is 0 Å². The van der Waals surface area contributed by atoms with Crippen LogP contribution in [0.1, 0.15) is 27.2 Å². The van der Waals surface area contributed by atoms with Gasteiger partial charge in [0.05, 0.1) is 5.71 Å². The third-order valence-electron chi connectivity index (χ3n) is 2.32. The summed E-state index contributed by atoms with van der Waals surface area (Å²) in [5.74, 6) is 0.556. The SMILES string of the molecule is CC(C)CO/N=C1\CC(C)N(C)C1. The molecule has 1 rings (SSSR count). The Hall–Kier alpha value is -0.570. The average Bonchev–Trinajstić information content (AvgIpc) is 2.30. The summed E-state index contributed by atoms with van der Waals surface area (Å²) in [5.41, 5.74) is 1.18. The predicted octanol–water partition coefficient (Wildman–Crippen LogP) is 1.74. The monoisotopic (exact) mass is 184 g/mol. The largest absolute Gasteiger partial charge is 0.396 e. The van der Waals surface area contributed by atoms with Crippen LogP contribution in [0.15, 0.2) is 5.16 Å². The van der Waals surface area contributed by atoms with Crippen molar-refractivity contribution in [3.8, 4) is 0 Å².